The van der Waals surface area contributed by atoms with E-state index in [0.717, 1.165) is 11.1 Å². The van der Waals surface area contributed by atoms with Crippen molar-refractivity contribution in [1.82, 2.24) is 5.32 Å². The summed E-state index contributed by atoms with van der Waals surface area (Å²) in [4.78, 5) is 35.4. The Morgan fingerprint density at radius 2 is 1.74 bits per heavy atom. The van der Waals surface area contributed by atoms with Crippen LogP contribution in [0.2, 0.25) is 0 Å². The molecule has 0 saturated heterocycles. The van der Waals surface area contributed by atoms with E-state index >= 15 is 0 Å². The maximum Gasteiger partial charge on any atom is 0.336 e. The predicted octanol–water partition coefficient (Wildman–Crippen LogP) is 2.85. The van der Waals surface area contributed by atoms with Crippen molar-refractivity contribution < 1.29 is 18.4 Å². The zero-order chi connectivity index (χ0) is 19.0. The Kier molecular flexibility index (Phi) is 4.16. The number of halogens is 1. The van der Waals surface area contributed by atoms with E-state index < -0.39 is 17.4 Å². The van der Waals surface area contributed by atoms with Gasteiger partial charge in [0.1, 0.15) is 11.6 Å². The fourth-order valence-electron chi connectivity index (χ4n) is 3.23. The van der Waals surface area contributed by atoms with Gasteiger partial charge in [0.15, 0.2) is 0 Å². The van der Waals surface area contributed by atoms with Crippen LogP contribution >= 0.6 is 0 Å². The Morgan fingerprint density at radius 3 is 2.48 bits per heavy atom. The van der Waals surface area contributed by atoms with Crippen LogP contribution in [0, 0.1) is 5.82 Å². The van der Waals surface area contributed by atoms with E-state index in [-0.39, 0.29) is 23.6 Å². The number of fused-ring (bicyclic) bond motifs is 1. The molecule has 1 aliphatic heterocycles. The number of amides is 2. The van der Waals surface area contributed by atoms with Gasteiger partial charge >= 0.3 is 5.63 Å². The molecule has 2 amide bonds. The number of hydrogen-bond acceptors (Lipinski definition) is 4. The molecule has 3 aromatic rings. The first-order chi connectivity index (χ1) is 13.0. The topological polar surface area (TPSA) is 76.4 Å². The summed E-state index contributed by atoms with van der Waals surface area (Å²) in [5, 5.41) is 2.24. The van der Waals surface area contributed by atoms with Gasteiger partial charge in [0.05, 0.1) is 12.0 Å². The van der Waals surface area contributed by atoms with E-state index in [1.165, 1.54) is 12.1 Å². The van der Waals surface area contributed by atoms with Crippen molar-refractivity contribution in [3.05, 3.63) is 93.3 Å². The average Bonchev–Trinajstić information content (AvgIpc) is 2.62. The Balaban J connectivity index is 1.68. The summed E-state index contributed by atoms with van der Waals surface area (Å²) in [5.74, 6) is -1.28. The minimum atomic E-state index is -0.603. The quantitative estimate of drug-likeness (QED) is 0.726. The van der Waals surface area contributed by atoms with Crippen LogP contribution in [0.3, 0.4) is 0 Å². The number of benzene rings is 2. The van der Waals surface area contributed by atoms with Crippen molar-refractivity contribution in [2.45, 2.75) is 12.8 Å². The molecule has 4 rings (SSSR count). The van der Waals surface area contributed by atoms with Crippen molar-refractivity contribution >= 4 is 11.8 Å². The maximum atomic E-state index is 13.9. The molecule has 0 atom stereocenters. The minimum Gasteiger partial charge on any atom is -0.426 e. The van der Waals surface area contributed by atoms with Crippen LogP contribution in [0.15, 0.2) is 63.8 Å². The third-order valence-electron chi connectivity index (χ3n) is 4.45. The summed E-state index contributed by atoms with van der Waals surface area (Å²) in [6.45, 7) is 0. The highest BCUT2D eigenvalue weighted by molar-refractivity contribution is 6.09. The molecule has 1 aromatic heterocycles. The molecule has 1 aliphatic rings. The molecule has 2 aromatic carbocycles. The normalized spacial score (nSPS) is 13.2. The van der Waals surface area contributed by atoms with E-state index in [2.05, 4.69) is 5.32 Å². The Labute approximate surface area is 153 Å². The van der Waals surface area contributed by atoms with Crippen LogP contribution in [0.1, 0.15) is 27.2 Å². The van der Waals surface area contributed by atoms with Crippen LogP contribution in [-0.4, -0.2) is 11.8 Å². The minimum absolute atomic E-state index is 0.0919. The summed E-state index contributed by atoms with van der Waals surface area (Å²) >= 11 is 0. The lowest BCUT2D eigenvalue weighted by molar-refractivity contribution is -0.120. The fraction of sp³-hybridized carbons (Fsp3) is 0.0952. The van der Waals surface area contributed by atoms with Gasteiger partial charge in [0.2, 0.25) is 5.91 Å². The van der Waals surface area contributed by atoms with Gasteiger partial charge in [-0.05, 0) is 29.2 Å². The third-order valence-corrected chi connectivity index (χ3v) is 4.45. The fourth-order valence-corrected chi connectivity index (χ4v) is 3.23. The van der Waals surface area contributed by atoms with E-state index in [4.69, 9.17) is 4.42 Å². The smallest absolute Gasteiger partial charge is 0.336 e. The van der Waals surface area contributed by atoms with Crippen molar-refractivity contribution in [3.8, 4) is 11.1 Å². The molecule has 0 aliphatic carbocycles. The lowest BCUT2D eigenvalue weighted by atomic mass is 9.95. The van der Waals surface area contributed by atoms with Gasteiger partial charge < -0.3 is 4.42 Å². The van der Waals surface area contributed by atoms with Crippen molar-refractivity contribution in [1.29, 1.82) is 0 Å². The number of rotatable bonds is 3. The van der Waals surface area contributed by atoms with Crippen molar-refractivity contribution in [2.24, 2.45) is 0 Å². The lowest BCUT2D eigenvalue weighted by Gasteiger charge is -2.17. The Morgan fingerprint density at radius 1 is 1.00 bits per heavy atom. The summed E-state index contributed by atoms with van der Waals surface area (Å²) in [6, 6.07) is 15.0. The number of carbonyl (C=O) groups excluding carboxylic acids is 2. The monoisotopic (exact) mass is 363 g/mol. The van der Waals surface area contributed by atoms with Crippen molar-refractivity contribution in [2.75, 3.05) is 0 Å². The van der Waals surface area contributed by atoms with Crippen LogP contribution in [-0.2, 0) is 17.6 Å². The van der Waals surface area contributed by atoms with E-state index in [1.807, 2.05) is 12.1 Å². The highest BCUT2D eigenvalue weighted by Gasteiger charge is 2.28. The van der Waals surface area contributed by atoms with E-state index in [0.29, 0.717) is 17.5 Å². The summed E-state index contributed by atoms with van der Waals surface area (Å²) in [6.07, 6.45) is 0.170. The highest BCUT2D eigenvalue weighted by atomic mass is 19.1. The summed E-state index contributed by atoms with van der Waals surface area (Å²) in [5.41, 5.74) is 2.19. The summed E-state index contributed by atoms with van der Waals surface area (Å²) < 4.78 is 18.9. The zero-order valence-electron chi connectivity index (χ0n) is 14.1. The third kappa shape index (κ3) is 3.29. The van der Waals surface area contributed by atoms with Gasteiger partial charge in [-0.2, -0.15) is 0 Å². The largest absolute Gasteiger partial charge is 0.426 e. The second kappa shape index (κ2) is 6.64. The van der Waals surface area contributed by atoms with Crippen LogP contribution in [0.25, 0.3) is 11.1 Å². The standard InChI is InChI=1S/C21H14FNO4/c22-16-4-2-1-3-15(16)13-7-5-12(6-8-13)9-14-10-19(25)27-17-11-18(24)23-21(26)20(14)17/h1-8,10H,9,11H2,(H,23,24,26). The van der Waals surface area contributed by atoms with Gasteiger partial charge in [0.25, 0.3) is 5.91 Å². The van der Waals surface area contributed by atoms with E-state index in [1.54, 1.807) is 30.3 Å². The van der Waals surface area contributed by atoms with Crippen molar-refractivity contribution in [3.63, 3.8) is 0 Å². The first-order valence-corrected chi connectivity index (χ1v) is 8.35. The maximum absolute atomic E-state index is 13.9. The summed E-state index contributed by atoms with van der Waals surface area (Å²) in [7, 11) is 0. The molecular weight excluding hydrogens is 349 g/mol. The molecule has 6 heteroatoms. The lowest BCUT2D eigenvalue weighted by Crippen LogP contribution is -2.38. The molecule has 27 heavy (non-hydrogen) atoms. The predicted molar refractivity (Wildman–Crippen MR) is 95.8 cm³/mol. The molecule has 134 valence electrons. The first kappa shape index (κ1) is 16.9. The molecule has 0 bridgehead atoms. The molecule has 0 saturated carbocycles. The molecule has 1 N–H and O–H groups in total. The second-order valence-corrected chi connectivity index (χ2v) is 6.30. The molecule has 0 unspecified atom stereocenters. The van der Waals surface area contributed by atoms with E-state index in [9.17, 15) is 18.8 Å². The second-order valence-electron chi connectivity index (χ2n) is 6.30. The van der Waals surface area contributed by atoms with Gasteiger partial charge in [0, 0.05) is 11.6 Å². The molecule has 0 radical (unpaired) electrons. The number of imide groups is 1. The molecule has 2 heterocycles. The molecular formula is C21H14FNO4. The van der Waals surface area contributed by atoms with Crippen LogP contribution in [0.4, 0.5) is 4.39 Å². The van der Waals surface area contributed by atoms with Gasteiger partial charge in [-0.3, -0.25) is 14.9 Å². The van der Waals surface area contributed by atoms with Crippen LogP contribution < -0.4 is 10.9 Å². The number of hydrogen-bond donors (Lipinski definition) is 1. The molecule has 0 spiro atoms. The van der Waals surface area contributed by atoms with Gasteiger partial charge in [-0.15, -0.1) is 0 Å². The number of nitrogens with one attached hydrogen (secondary N) is 1. The Bertz CT molecular complexity index is 1120. The number of carbonyl (C=O) groups is 2. The van der Waals surface area contributed by atoms with Gasteiger partial charge in [-0.1, -0.05) is 42.5 Å². The SMILES string of the molecule is O=C1Cc2oc(=O)cc(Cc3ccc(-c4ccccc4F)cc3)c2C(=O)N1. The molecule has 5 nitrogen and oxygen atoms in total. The highest BCUT2D eigenvalue weighted by Crippen LogP contribution is 2.25. The first-order valence-electron chi connectivity index (χ1n) is 8.35. The molecule has 0 fully saturated rings. The zero-order valence-corrected chi connectivity index (χ0v) is 14.1. The Hall–Kier alpha value is -3.54. The average molecular weight is 363 g/mol. The van der Waals surface area contributed by atoms with Gasteiger partial charge in [-0.25, -0.2) is 9.18 Å². The van der Waals surface area contributed by atoms with Crippen LogP contribution in [0.5, 0.6) is 0 Å².